The summed E-state index contributed by atoms with van der Waals surface area (Å²) in [5.74, 6) is 3.38. The molecule has 0 radical (unpaired) electrons. The maximum absolute atomic E-state index is 11.9. The number of ether oxygens (including phenoxy) is 1. The molecule has 0 fully saturated rings. The van der Waals surface area contributed by atoms with E-state index >= 15 is 0 Å². The fourth-order valence-corrected chi connectivity index (χ4v) is 6.08. The summed E-state index contributed by atoms with van der Waals surface area (Å²) in [5, 5.41) is 0. The van der Waals surface area contributed by atoms with E-state index in [0.29, 0.717) is 13.0 Å². The van der Waals surface area contributed by atoms with Crippen LogP contribution in [0.15, 0.2) is 12.2 Å². The molecule has 0 heterocycles. The fraction of sp³-hybridized carbons (Fsp3) is 0.923. The van der Waals surface area contributed by atoms with Crippen LogP contribution in [0.25, 0.3) is 0 Å². The van der Waals surface area contributed by atoms with Crippen molar-refractivity contribution < 1.29 is 9.53 Å². The predicted molar refractivity (Wildman–Crippen MR) is 191 cm³/mol. The summed E-state index contributed by atoms with van der Waals surface area (Å²) in [5.41, 5.74) is 5.93. The number of esters is 1. The van der Waals surface area contributed by atoms with Crippen LogP contribution in [-0.2, 0) is 9.53 Å². The van der Waals surface area contributed by atoms with E-state index in [1.807, 2.05) is 6.08 Å². The molecule has 0 aliphatic heterocycles. The number of carbonyl (C=O) groups excluding carboxylic acids is 1. The van der Waals surface area contributed by atoms with Crippen molar-refractivity contribution >= 4 is 5.97 Å². The van der Waals surface area contributed by atoms with Crippen LogP contribution in [0, 0.1) is 23.7 Å². The molecule has 0 rings (SSSR count). The Morgan fingerprint density at radius 2 is 1.19 bits per heavy atom. The quantitative estimate of drug-likeness (QED) is 0.0470. The standard InChI is InChI=1S/C39H78N2O2/c1-7-8-9-10-11-15-18-34-43-39(42)28-16-13-12-14-17-31-41(33-30-40)32-29-38(6)27-21-26-37(5)25-20-24-36(4)23-19-22-35(2)3/h15,18,35-38H,7-14,16-17,19-34,40H2,1-6H3/b18-15-. The first-order chi connectivity index (χ1) is 20.8. The Morgan fingerprint density at radius 1 is 0.628 bits per heavy atom. The maximum Gasteiger partial charge on any atom is 0.306 e. The van der Waals surface area contributed by atoms with Gasteiger partial charge in [0, 0.05) is 19.5 Å². The van der Waals surface area contributed by atoms with E-state index in [0.717, 1.165) is 62.6 Å². The maximum atomic E-state index is 11.9. The highest BCUT2D eigenvalue weighted by atomic mass is 16.5. The van der Waals surface area contributed by atoms with Crippen LogP contribution in [0.5, 0.6) is 0 Å². The third kappa shape index (κ3) is 30.9. The van der Waals surface area contributed by atoms with Crippen molar-refractivity contribution in [2.24, 2.45) is 29.4 Å². The fourth-order valence-electron chi connectivity index (χ4n) is 6.08. The van der Waals surface area contributed by atoms with E-state index < -0.39 is 0 Å². The molecular formula is C39H78N2O2. The average molecular weight is 607 g/mol. The number of nitrogens with zero attached hydrogens (tertiary/aromatic N) is 1. The first-order valence-corrected chi connectivity index (χ1v) is 19.0. The van der Waals surface area contributed by atoms with E-state index in [-0.39, 0.29) is 5.97 Å². The van der Waals surface area contributed by atoms with Gasteiger partial charge in [0.15, 0.2) is 0 Å². The van der Waals surface area contributed by atoms with Crippen LogP contribution in [0.2, 0.25) is 0 Å². The summed E-state index contributed by atoms with van der Waals surface area (Å²) in [7, 11) is 0. The van der Waals surface area contributed by atoms with Gasteiger partial charge in [0.05, 0.1) is 0 Å². The molecule has 0 saturated heterocycles. The molecule has 3 atom stereocenters. The lowest BCUT2D eigenvalue weighted by Gasteiger charge is -2.23. The Balaban J connectivity index is 3.79. The van der Waals surface area contributed by atoms with E-state index in [4.69, 9.17) is 10.5 Å². The van der Waals surface area contributed by atoms with E-state index in [1.54, 1.807) is 0 Å². The molecular weight excluding hydrogens is 528 g/mol. The molecule has 0 aliphatic carbocycles. The number of nitrogens with two attached hydrogens (primary N) is 1. The lowest BCUT2D eigenvalue weighted by atomic mass is 9.90. The van der Waals surface area contributed by atoms with Crippen molar-refractivity contribution in [3.05, 3.63) is 12.2 Å². The minimum atomic E-state index is -0.0501. The number of hydrogen-bond acceptors (Lipinski definition) is 4. The van der Waals surface area contributed by atoms with Crippen molar-refractivity contribution in [3.63, 3.8) is 0 Å². The van der Waals surface area contributed by atoms with E-state index in [2.05, 4.69) is 52.5 Å². The minimum Gasteiger partial charge on any atom is -0.461 e. The Kier molecular flexibility index (Phi) is 30.5. The summed E-state index contributed by atoms with van der Waals surface area (Å²) in [6.45, 7) is 18.8. The molecule has 0 bridgehead atoms. The Hall–Kier alpha value is -0.870. The van der Waals surface area contributed by atoms with Crippen LogP contribution in [0.4, 0.5) is 0 Å². The molecule has 43 heavy (non-hydrogen) atoms. The van der Waals surface area contributed by atoms with Gasteiger partial charge in [-0.25, -0.2) is 0 Å². The van der Waals surface area contributed by atoms with Gasteiger partial charge in [-0.1, -0.05) is 150 Å². The molecule has 0 aromatic heterocycles. The highest BCUT2D eigenvalue weighted by Crippen LogP contribution is 2.23. The van der Waals surface area contributed by atoms with Crippen LogP contribution >= 0.6 is 0 Å². The van der Waals surface area contributed by atoms with Gasteiger partial charge < -0.3 is 15.4 Å². The topological polar surface area (TPSA) is 55.6 Å². The highest BCUT2D eigenvalue weighted by Gasteiger charge is 2.10. The lowest BCUT2D eigenvalue weighted by Crippen LogP contribution is -2.32. The van der Waals surface area contributed by atoms with Gasteiger partial charge in [-0.05, 0) is 68.9 Å². The number of unbranched alkanes of at least 4 members (excludes halogenated alkanes) is 8. The van der Waals surface area contributed by atoms with E-state index in [1.165, 1.54) is 116 Å². The second-order valence-corrected chi connectivity index (χ2v) is 14.4. The van der Waals surface area contributed by atoms with Crippen LogP contribution in [0.3, 0.4) is 0 Å². The average Bonchev–Trinajstić information content (AvgIpc) is 2.96. The highest BCUT2D eigenvalue weighted by molar-refractivity contribution is 5.69. The van der Waals surface area contributed by atoms with E-state index in [9.17, 15) is 4.79 Å². The van der Waals surface area contributed by atoms with Crippen molar-refractivity contribution in [2.75, 3.05) is 32.8 Å². The second kappa shape index (κ2) is 31.1. The molecule has 2 N–H and O–H groups in total. The normalized spacial score (nSPS) is 14.2. The largest absolute Gasteiger partial charge is 0.461 e. The molecule has 0 aromatic carbocycles. The summed E-state index contributed by atoms with van der Waals surface area (Å²) >= 11 is 0. The molecule has 0 amide bonds. The van der Waals surface area contributed by atoms with Crippen molar-refractivity contribution in [3.8, 4) is 0 Å². The number of rotatable bonds is 32. The van der Waals surface area contributed by atoms with Gasteiger partial charge in [0.1, 0.15) is 6.61 Å². The van der Waals surface area contributed by atoms with Gasteiger partial charge >= 0.3 is 5.97 Å². The number of hydrogen-bond donors (Lipinski definition) is 1. The minimum absolute atomic E-state index is 0.0501. The Labute approximate surface area is 270 Å². The summed E-state index contributed by atoms with van der Waals surface area (Å²) in [6.07, 6.45) is 30.5. The monoisotopic (exact) mass is 607 g/mol. The third-order valence-electron chi connectivity index (χ3n) is 9.24. The molecule has 0 aliphatic rings. The van der Waals surface area contributed by atoms with Gasteiger partial charge in [0.2, 0.25) is 0 Å². The molecule has 4 heteroatoms. The van der Waals surface area contributed by atoms with Gasteiger partial charge in [-0.15, -0.1) is 0 Å². The summed E-state index contributed by atoms with van der Waals surface area (Å²) < 4.78 is 5.33. The van der Waals surface area contributed by atoms with Crippen molar-refractivity contribution in [1.82, 2.24) is 4.90 Å². The van der Waals surface area contributed by atoms with Crippen molar-refractivity contribution in [1.29, 1.82) is 0 Å². The molecule has 0 saturated carbocycles. The first kappa shape index (κ1) is 42.1. The summed E-state index contributed by atoms with van der Waals surface area (Å²) in [4.78, 5) is 14.5. The Bertz CT molecular complexity index is 620. The molecule has 3 unspecified atom stereocenters. The number of carbonyl (C=O) groups is 1. The lowest BCUT2D eigenvalue weighted by molar-refractivity contribution is -0.142. The molecule has 4 nitrogen and oxygen atoms in total. The zero-order chi connectivity index (χ0) is 32.0. The smallest absolute Gasteiger partial charge is 0.306 e. The molecule has 0 aromatic rings. The molecule has 256 valence electrons. The summed E-state index contributed by atoms with van der Waals surface area (Å²) in [6, 6.07) is 0. The van der Waals surface area contributed by atoms with Gasteiger partial charge in [-0.2, -0.15) is 0 Å². The van der Waals surface area contributed by atoms with Crippen LogP contribution < -0.4 is 5.73 Å². The third-order valence-corrected chi connectivity index (χ3v) is 9.24. The molecule has 0 spiro atoms. The number of allylic oxidation sites excluding steroid dienone is 1. The second-order valence-electron chi connectivity index (χ2n) is 14.4. The SMILES string of the molecule is CCCCCC/C=C\COC(=O)CCCCCCCN(CCN)CCC(C)CCCC(C)CCCC(C)CCCC(C)C. The van der Waals surface area contributed by atoms with Gasteiger partial charge in [-0.3, -0.25) is 4.79 Å². The zero-order valence-corrected chi connectivity index (χ0v) is 30.2. The Morgan fingerprint density at radius 3 is 1.79 bits per heavy atom. The van der Waals surface area contributed by atoms with Gasteiger partial charge in [0.25, 0.3) is 0 Å². The van der Waals surface area contributed by atoms with Crippen LogP contribution in [-0.4, -0.2) is 43.7 Å². The predicted octanol–water partition coefficient (Wildman–Crippen LogP) is 11.1. The zero-order valence-electron chi connectivity index (χ0n) is 30.2. The van der Waals surface area contributed by atoms with Crippen molar-refractivity contribution in [2.45, 2.75) is 176 Å². The first-order valence-electron chi connectivity index (χ1n) is 19.0. The van der Waals surface area contributed by atoms with Crippen LogP contribution in [0.1, 0.15) is 176 Å².